The molecule has 19 heavy (non-hydrogen) atoms. The molecule has 0 spiro atoms. The van der Waals surface area contributed by atoms with Gasteiger partial charge in [0.25, 0.3) is 0 Å². The van der Waals surface area contributed by atoms with Crippen molar-refractivity contribution in [3.8, 4) is 0 Å². The Kier molecular flexibility index (Phi) is 2.02. The number of nitrogens with zero attached hydrogens (tertiary/aromatic N) is 5. The Morgan fingerprint density at radius 2 is 2.21 bits per heavy atom. The van der Waals surface area contributed by atoms with Gasteiger partial charge in [-0.3, -0.25) is 5.10 Å². The zero-order valence-electron chi connectivity index (χ0n) is 10.2. The highest BCUT2D eigenvalue weighted by molar-refractivity contribution is 5.88. The van der Waals surface area contributed by atoms with Gasteiger partial charge >= 0.3 is 0 Å². The number of aromatic nitrogens is 5. The standard InChI is InChI=1S/C12H13N7/c13-9-3-8-5-14-16-10(8)4-11(9)18-1-2-19-7-15-17-12(19)6-18/h3-5,7H,1-2,6,13H2,(H,14,16). The van der Waals surface area contributed by atoms with E-state index in [2.05, 4.69) is 29.9 Å². The minimum absolute atomic E-state index is 0.726. The highest BCUT2D eigenvalue weighted by atomic mass is 15.3. The molecular formula is C12H13N7. The first-order chi connectivity index (χ1) is 9.31. The first-order valence-electron chi connectivity index (χ1n) is 6.15. The Balaban J connectivity index is 1.76. The van der Waals surface area contributed by atoms with Gasteiger partial charge in [-0.15, -0.1) is 10.2 Å². The van der Waals surface area contributed by atoms with Gasteiger partial charge in [0.15, 0.2) is 5.82 Å². The molecule has 1 aromatic carbocycles. The van der Waals surface area contributed by atoms with E-state index >= 15 is 0 Å². The largest absolute Gasteiger partial charge is 0.397 e. The summed E-state index contributed by atoms with van der Waals surface area (Å²) in [5.41, 5.74) is 8.93. The van der Waals surface area contributed by atoms with Crippen molar-refractivity contribution in [1.29, 1.82) is 0 Å². The maximum absolute atomic E-state index is 6.15. The van der Waals surface area contributed by atoms with Crippen LogP contribution in [-0.2, 0) is 13.1 Å². The fraction of sp³-hybridized carbons (Fsp3) is 0.250. The molecule has 0 fully saturated rings. The van der Waals surface area contributed by atoms with Crippen molar-refractivity contribution < 1.29 is 0 Å². The van der Waals surface area contributed by atoms with Crippen LogP contribution in [0.3, 0.4) is 0 Å². The second-order valence-corrected chi connectivity index (χ2v) is 4.73. The van der Waals surface area contributed by atoms with Gasteiger partial charge in [0.1, 0.15) is 6.33 Å². The van der Waals surface area contributed by atoms with Crippen molar-refractivity contribution in [3.05, 3.63) is 30.5 Å². The molecule has 0 saturated heterocycles. The van der Waals surface area contributed by atoms with E-state index in [0.29, 0.717) is 0 Å². The Bertz CT molecular complexity index is 741. The Hall–Kier alpha value is -2.57. The lowest BCUT2D eigenvalue weighted by Gasteiger charge is -2.29. The molecule has 0 amide bonds. The highest BCUT2D eigenvalue weighted by Crippen LogP contribution is 2.30. The van der Waals surface area contributed by atoms with E-state index in [1.807, 2.05) is 12.1 Å². The number of nitrogens with one attached hydrogen (secondary N) is 1. The third kappa shape index (κ3) is 1.55. The monoisotopic (exact) mass is 255 g/mol. The first kappa shape index (κ1) is 10.4. The molecule has 1 aliphatic heterocycles. The molecule has 0 atom stereocenters. The van der Waals surface area contributed by atoms with Crippen LogP contribution in [0.4, 0.5) is 11.4 Å². The third-order valence-corrected chi connectivity index (χ3v) is 3.57. The first-order valence-corrected chi connectivity index (χ1v) is 6.15. The van der Waals surface area contributed by atoms with E-state index in [9.17, 15) is 0 Å². The van der Waals surface area contributed by atoms with Crippen LogP contribution in [0.15, 0.2) is 24.7 Å². The molecule has 7 nitrogen and oxygen atoms in total. The lowest BCUT2D eigenvalue weighted by atomic mass is 10.1. The van der Waals surface area contributed by atoms with E-state index in [0.717, 1.165) is 47.7 Å². The summed E-state index contributed by atoms with van der Waals surface area (Å²) in [6, 6.07) is 4.00. The molecule has 0 aliphatic carbocycles. The summed E-state index contributed by atoms with van der Waals surface area (Å²) < 4.78 is 2.07. The van der Waals surface area contributed by atoms with Crippen LogP contribution >= 0.6 is 0 Å². The van der Waals surface area contributed by atoms with Gasteiger partial charge in [-0.2, -0.15) is 5.10 Å². The molecule has 0 bridgehead atoms. The van der Waals surface area contributed by atoms with Crippen LogP contribution in [0.5, 0.6) is 0 Å². The van der Waals surface area contributed by atoms with Crippen LogP contribution in [0.1, 0.15) is 5.82 Å². The van der Waals surface area contributed by atoms with Gasteiger partial charge in [0, 0.05) is 18.5 Å². The zero-order chi connectivity index (χ0) is 12.8. The number of aromatic amines is 1. The normalized spacial score (nSPS) is 14.8. The maximum Gasteiger partial charge on any atom is 0.152 e. The molecule has 2 aromatic heterocycles. The van der Waals surface area contributed by atoms with Gasteiger partial charge < -0.3 is 15.2 Å². The topological polar surface area (TPSA) is 88.6 Å². The second kappa shape index (κ2) is 3.71. The molecule has 0 unspecified atom stereocenters. The van der Waals surface area contributed by atoms with Gasteiger partial charge in [-0.25, -0.2) is 0 Å². The molecule has 0 saturated carbocycles. The summed E-state index contributed by atoms with van der Waals surface area (Å²) >= 11 is 0. The lowest BCUT2D eigenvalue weighted by molar-refractivity contribution is 0.560. The SMILES string of the molecule is Nc1cc2cn[nH]c2cc1N1CCn2cnnc2C1. The predicted octanol–water partition coefficient (Wildman–Crippen LogP) is 0.757. The summed E-state index contributed by atoms with van der Waals surface area (Å²) in [4.78, 5) is 2.22. The molecule has 96 valence electrons. The number of nitrogens with two attached hydrogens (primary N) is 1. The van der Waals surface area contributed by atoms with E-state index < -0.39 is 0 Å². The van der Waals surface area contributed by atoms with Crippen LogP contribution < -0.4 is 10.6 Å². The van der Waals surface area contributed by atoms with Crippen molar-refractivity contribution >= 4 is 22.3 Å². The minimum atomic E-state index is 0.726. The van der Waals surface area contributed by atoms with Crippen molar-refractivity contribution in [1.82, 2.24) is 25.0 Å². The van der Waals surface area contributed by atoms with Crippen molar-refractivity contribution in [3.63, 3.8) is 0 Å². The van der Waals surface area contributed by atoms with Crippen LogP contribution in [0.2, 0.25) is 0 Å². The fourth-order valence-corrected chi connectivity index (χ4v) is 2.54. The molecule has 3 heterocycles. The molecule has 3 N–H and O–H groups in total. The summed E-state index contributed by atoms with van der Waals surface area (Å²) in [6.07, 6.45) is 3.55. The highest BCUT2D eigenvalue weighted by Gasteiger charge is 2.19. The second-order valence-electron chi connectivity index (χ2n) is 4.73. The van der Waals surface area contributed by atoms with Gasteiger partial charge in [-0.05, 0) is 12.1 Å². The molecular weight excluding hydrogens is 242 g/mol. The molecule has 3 aromatic rings. The maximum atomic E-state index is 6.15. The summed E-state index contributed by atoms with van der Waals surface area (Å²) in [6.45, 7) is 2.50. The lowest BCUT2D eigenvalue weighted by Crippen LogP contribution is -2.34. The smallest absolute Gasteiger partial charge is 0.152 e. The van der Waals surface area contributed by atoms with Crippen molar-refractivity contribution in [2.45, 2.75) is 13.1 Å². The molecule has 7 heteroatoms. The van der Waals surface area contributed by atoms with Crippen molar-refractivity contribution in [2.75, 3.05) is 17.2 Å². The van der Waals surface area contributed by atoms with Crippen LogP contribution in [-0.4, -0.2) is 31.5 Å². The predicted molar refractivity (Wildman–Crippen MR) is 71.6 cm³/mol. The number of anilines is 2. The van der Waals surface area contributed by atoms with Gasteiger partial charge in [0.2, 0.25) is 0 Å². The summed E-state index contributed by atoms with van der Waals surface area (Å²) in [7, 11) is 0. The number of rotatable bonds is 1. The Labute approximate surface area is 109 Å². The Morgan fingerprint density at radius 3 is 3.16 bits per heavy atom. The van der Waals surface area contributed by atoms with Crippen LogP contribution in [0, 0.1) is 0 Å². The minimum Gasteiger partial charge on any atom is -0.397 e. The molecule has 1 aliphatic rings. The summed E-state index contributed by atoms with van der Waals surface area (Å²) in [5.74, 6) is 0.968. The summed E-state index contributed by atoms with van der Waals surface area (Å²) in [5, 5.41) is 16.1. The molecule has 4 rings (SSSR count). The number of H-pyrrole nitrogens is 1. The van der Waals surface area contributed by atoms with Crippen molar-refractivity contribution in [2.24, 2.45) is 0 Å². The quantitative estimate of drug-likeness (QED) is 0.627. The average Bonchev–Trinajstić information content (AvgIpc) is 3.04. The third-order valence-electron chi connectivity index (χ3n) is 3.57. The van der Waals surface area contributed by atoms with Gasteiger partial charge in [0.05, 0.1) is 29.6 Å². The average molecular weight is 255 g/mol. The van der Waals surface area contributed by atoms with E-state index in [4.69, 9.17) is 5.73 Å². The fourth-order valence-electron chi connectivity index (χ4n) is 2.54. The van der Waals surface area contributed by atoms with E-state index in [1.54, 1.807) is 12.5 Å². The van der Waals surface area contributed by atoms with E-state index in [-0.39, 0.29) is 0 Å². The number of hydrogen-bond acceptors (Lipinski definition) is 5. The number of hydrogen-bond donors (Lipinski definition) is 2. The van der Waals surface area contributed by atoms with E-state index in [1.165, 1.54) is 0 Å². The Morgan fingerprint density at radius 1 is 1.26 bits per heavy atom. The number of nitrogen functional groups attached to an aromatic ring is 1. The van der Waals surface area contributed by atoms with Gasteiger partial charge in [-0.1, -0.05) is 0 Å². The zero-order valence-corrected chi connectivity index (χ0v) is 10.2. The van der Waals surface area contributed by atoms with Crippen LogP contribution in [0.25, 0.3) is 10.9 Å². The molecule has 0 radical (unpaired) electrons. The number of fused-ring (bicyclic) bond motifs is 2. The number of benzene rings is 1.